The van der Waals surface area contributed by atoms with E-state index in [2.05, 4.69) is 20.2 Å². The number of aromatic hydroxyl groups is 1. The summed E-state index contributed by atoms with van der Waals surface area (Å²) in [7, 11) is 0. The molecular formula is C11H6Cl2N4O2S. The van der Waals surface area contributed by atoms with Crippen LogP contribution in [0.1, 0.15) is 0 Å². The molecule has 102 valence electrons. The molecule has 3 aromatic rings. The van der Waals surface area contributed by atoms with Crippen LogP contribution in [0, 0.1) is 0 Å². The van der Waals surface area contributed by atoms with Crippen molar-refractivity contribution in [3.63, 3.8) is 0 Å². The fourth-order valence-electron chi connectivity index (χ4n) is 1.75. The number of rotatable bonds is 2. The number of hydrogen-bond donors (Lipinski definition) is 3. The number of nitrogens with zero attached hydrogens (tertiary/aromatic N) is 2. The highest BCUT2D eigenvalue weighted by Crippen LogP contribution is 2.38. The van der Waals surface area contributed by atoms with E-state index in [9.17, 15) is 9.90 Å². The molecule has 0 fully saturated rings. The van der Waals surface area contributed by atoms with Gasteiger partial charge in [-0.15, -0.1) is 0 Å². The van der Waals surface area contributed by atoms with Gasteiger partial charge in [0.1, 0.15) is 17.0 Å². The van der Waals surface area contributed by atoms with Gasteiger partial charge in [-0.1, -0.05) is 23.2 Å². The van der Waals surface area contributed by atoms with Gasteiger partial charge in [0, 0.05) is 5.02 Å². The zero-order valence-corrected chi connectivity index (χ0v) is 12.0. The average molecular weight is 329 g/mol. The number of H-pyrrole nitrogens is 2. The van der Waals surface area contributed by atoms with Gasteiger partial charge in [-0.05, 0) is 23.9 Å². The molecule has 1 aromatic carbocycles. The summed E-state index contributed by atoms with van der Waals surface area (Å²) in [5.41, 5.74) is -0.0957. The third-order valence-electron chi connectivity index (χ3n) is 2.55. The minimum absolute atomic E-state index is 0.0819. The molecule has 3 N–H and O–H groups in total. The van der Waals surface area contributed by atoms with E-state index in [0.717, 1.165) is 11.8 Å². The molecule has 2 aromatic heterocycles. The Labute approximate surface area is 126 Å². The molecule has 9 heteroatoms. The van der Waals surface area contributed by atoms with Gasteiger partial charge in [0.25, 0.3) is 5.56 Å². The number of pyridine rings is 1. The largest absolute Gasteiger partial charge is 0.506 e. The lowest BCUT2D eigenvalue weighted by atomic mass is 10.2. The lowest BCUT2D eigenvalue weighted by molar-refractivity contribution is 0.467. The summed E-state index contributed by atoms with van der Waals surface area (Å²) in [6.07, 6.45) is 1.31. The lowest BCUT2D eigenvalue weighted by Gasteiger charge is -2.07. The Morgan fingerprint density at radius 2 is 2.10 bits per heavy atom. The van der Waals surface area contributed by atoms with Crippen LogP contribution in [0.4, 0.5) is 0 Å². The van der Waals surface area contributed by atoms with E-state index < -0.39 is 5.56 Å². The predicted molar refractivity (Wildman–Crippen MR) is 76.8 cm³/mol. The van der Waals surface area contributed by atoms with Crippen LogP contribution in [-0.4, -0.2) is 25.3 Å². The normalized spacial score (nSPS) is 11.1. The summed E-state index contributed by atoms with van der Waals surface area (Å²) in [4.78, 5) is 18.6. The summed E-state index contributed by atoms with van der Waals surface area (Å²) in [5, 5.41) is 17.9. The Morgan fingerprint density at radius 1 is 1.30 bits per heavy atom. The maximum Gasteiger partial charge on any atom is 0.266 e. The fraction of sp³-hybridized carbons (Fsp3) is 0. The average Bonchev–Trinajstić information content (AvgIpc) is 2.86. The number of aromatic nitrogens is 4. The Hall–Kier alpha value is -1.70. The van der Waals surface area contributed by atoms with E-state index in [-0.39, 0.29) is 15.7 Å². The first-order valence-electron chi connectivity index (χ1n) is 5.33. The molecule has 6 nitrogen and oxygen atoms in total. The number of halogens is 2. The molecule has 0 saturated heterocycles. The Balaban J connectivity index is 2.26. The van der Waals surface area contributed by atoms with Crippen molar-refractivity contribution < 1.29 is 5.11 Å². The number of nitrogens with one attached hydrogen (secondary N) is 2. The molecule has 0 spiro atoms. The summed E-state index contributed by atoms with van der Waals surface area (Å²) in [5.74, 6) is -0.216. The molecule has 2 heterocycles. The first kappa shape index (κ1) is 13.3. The summed E-state index contributed by atoms with van der Waals surface area (Å²) in [6.45, 7) is 0. The first-order valence-corrected chi connectivity index (χ1v) is 6.90. The molecule has 0 atom stereocenters. The van der Waals surface area contributed by atoms with Crippen molar-refractivity contribution in [1.29, 1.82) is 0 Å². The zero-order chi connectivity index (χ0) is 14.3. The molecule has 0 aliphatic heterocycles. The monoisotopic (exact) mass is 328 g/mol. The van der Waals surface area contributed by atoms with Crippen LogP contribution in [0.5, 0.6) is 5.75 Å². The van der Waals surface area contributed by atoms with E-state index in [1.54, 1.807) is 0 Å². The molecule has 0 aliphatic rings. The van der Waals surface area contributed by atoms with E-state index in [1.165, 1.54) is 18.5 Å². The first-order chi connectivity index (χ1) is 9.56. The van der Waals surface area contributed by atoms with Gasteiger partial charge < -0.3 is 10.1 Å². The minimum Gasteiger partial charge on any atom is -0.506 e. The van der Waals surface area contributed by atoms with Gasteiger partial charge in [0.2, 0.25) is 0 Å². The molecule has 3 rings (SSSR count). The van der Waals surface area contributed by atoms with Crippen LogP contribution in [-0.2, 0) is 0 Å². The van der Waals surface area contributed by atoms with Gasteiger partial charge in [-0.3, -0.25) is 9.89 Å². The van der Waals surface area contributed by atoms with E-state index in [4.69, 9.17) is 23.2 Å². The Kier molecular flexibility index (Phi) is 3.33. The molecule has 0 aliphatic carbocycles. The van der Waals surface area contributed by atoms with Gasteiger partial charge >= 0.3 is 0 Å². The number of hydrogen-bond acceptors (Lipinski definition) is 5. The van der Waals surface area contributed by atoms with E-state index in [1.807, 2.05) is 0 Å². The van der Waals surface area contributed by atoms with Crippen LogP contribution in [0.2, 0.25) is 10.0 Å². The van der Waals surface area contributed by atoms with Crippen molar-refractivity contribution in [2.24, 2.45) is 0 Å². The Morgan fingerprint density at radius 3 is 2.80 bits per heavy atom. The van der Waals surface area contributed by atoms with Crippen LogP contribution in [0.25, 0.3) is 10.9 Å². The third kappa shape index (κ3) is 2.24. The summed E-state index contributed by atoms with van der Waals surface area (Å²) >= 11 is 12.9. The van der Waals surface area contributed by atoms with E-state index >= 15 is 0 Å². The van der Waals surface area contributed by atoms with Crippen LogP contribution < -0.4 is 5.56 Å². The number of benzene rings is 1. The molecule has 20 heavy (non-hydrogen) atoms. The molecule has 0 bridgehead atoms. The van der Waals surface area contributed by atoms with Crippen molar-refractivity contribution >= 4 is 45.9 Å². The highest BCUT2D eigenvalue weighted by Gasteiger charge is 2.17. The van der Waals surface area contributed by atoms with Crippen molar-refractivity contribution in [2.45, 2.75) is 10.1 Å². The predicted octanol–water partition coefficient (Wildman–Crippen LogP) is 2.81. The third-order valence-corrected chi connectivity index (χ3v) is 4.04. The maximum atomic E-state index is 12.0. The number of aromatic amines is 2. The van der Waals surface area contributed by atoms with Crippen molar-refractivity contribution in [3.05, 3.63) is 38.9 Å². The molecule has 0 amide bonds. The van der Waals surface area contributed by atoms with E-state index in [0.29, 0.717) is 21.1 Å². The second kappa shape index (κ2) is 5.01. The minimum atomic E-state index is -0.463. The zero-order valence-electron chi connectivity index (χ0n) is 9.65. The summed E-state index contributed by atoms with van der Waals surface area (Å²) < 4.78 is 0. The van der Waals surface area contributed by atoms with Gasteiger partial charge in [-0.2, -0.15) is 5.10 Å². The quantitative estimate of drug-likeness (QED) is 0.672. The highest BCUT2D eigenvalue weighted by atomic mass is 35.5. The van der Waals surface area contributed by atoms with Gasteiger partial charge in [0.05, 0.1) is 15.9 Å². The lowest BCUT2D eigenvalue weighted by Crippen LogP contribution is -2.09. The second-order valence-electron chi connectivity index (χ2n) is 3.83. The molecule has 0 saturated carbocycles. The fourth-order valence-corrected chi connectivity index (χ4v) is 3.06. The standard InChI is InChI=1S/C11H6Cl2N4O2S/c12-4-1-5(13)7-6(2-4)16-10(19)9(8(7)18)20-11-14-3-15-17-11/h1-3H,(H,14,15,17)(H2,16,18,19). The Bertz CT molecular complexity index is 848. The smallest absolute Gasteiger partial charge is 0.266 e. The maximum absolute atomic E-state index is 12.0. The van der Waals surface area contributed by atoms with Crippen LogP contribution in [0.15, 0.2) is 33.3 Å². The van der Waals surface area contributed by atoms with Crippen LogP contribution >= 0.6 is 35.0 Å². The SMILES string of the molecule is O=c1[nH]c2cc(Cl)cc(Cl)c2c(O)c1Sc1ncn[nH]1. The second-order valence-corrected chi connectivity index (χ2v) is 5.68. The molecule has 0 unspecified atom stereocenters. The van der Waals surface area contributed by atoms with Crippen molar-refractivity contribution in [3.8, 4) is 5.75 Å². The van der Waals surface area contributed by atoms with Gasteiger partial charge in [0.15, 0.2) is 5.16 Å². The molecule has 0 radical (unpaired) electrons. The summed E-state index contributed by atoms with van der Waals surface area (Å²) in [6, 6.07) is 3.01. The topological polar surface area (TPSA) is 94.7 Å². The number of fused-ring (bicyclic) bond motifs is 1. The van der Waals surface area contributed by atoms with Crippen molar-refractivity contribution in [2.75, 3.05) is 0 Å². The highest BCUT2D eigenvalue weighted by molar-refractivity contribution is 7.99. The molecular weight excluding hydrogens is 323 g/mol. The van der Waals surface area contributed by atoms with Gasteiger partial charge in [-0.25, -0.2) is 4.98 Å². The van der Waals surface area contributed by atoms with Crippen molar-refractivity contribution in [1.82, 2.24) is 20.2 Å². The van der Waals surface area contributed by atoms with Crippen LogP contribution in [0.3, 0.4) is 0 Å².